The van der Waals surface area contributed by atoms with E-state index in [0.29, 0.717) is 0 Å². The number of hydrogen-bond donors (Lipinski definition) is 0. The summed E-state index contributed by atoms with van der Waals surface area (Å²) in [4.78, 5) is 0. The second-order valence-electron chi connectivity index (χ2n) is 12.2. The highest BCUT2D eigenvalue weighted by molar-refractivity contribution is 5.39. The third-order valence-electron chi connectivity index (χ3n) is 8.46. The van der Waals surface area contributed by atoms with Crippen LogP contribution in [0.25, 0.3) is 0 Å². The minimum atomic E-state index is 1.31. The van der Waals surface area contributed by atoms with E-state index in [1.54, 1.807) is 16.7 Å². The van der Waals surface area contributed by atoms with E-state index in [4.69, 9.17) is 0 Å². The summed E-state index contributed by atoms with van der Waals surface area (Å²) in [5.41, 5.74) is 6.69. The van der Waals surface area contributed by atoms with Gasteiger partial charge in [-0.15, -0.1) is 0 Å². The summed E-state index contributed by atoms with van der Waals surface area (Å²) < 4.78 is 0. The Hall–Kier alpha value is -0.780. The molecule has 0 aromatic heterocycles. The van der Waals surface area contributed by atoms with Crippen molar-refractivity contribution in [1.82, 2.24) is 0 Å². The van der Waals surface area contributed by atoms with Gasteiger partial charge in [0, 0.05) is 0 Å². The second kappa shape index (κ2) is 25.5. The maximum Gasteiger partial charge on any atom is -0.0273 e. The minimum absolute atomic E-state index is 1.31. The van der Waals surface area contributed by atoms with Crippen molar-refractivity contribution < 1.29 is 0 Å². The largest absolute Gasteiger partial charge is 0.0654 e. The molecule has 0 N–H and O–H groups in total. The highest BCUT2D eigenvalue weighted by Crippen LogP contribution is 2.25. The Morgan fingerprint density at radius 1 is 0.351 bits per heavy atom. The average Bonchev–Trinajstić information content (AvgIpc) is 2.89. The molecular weight excluding hydrogens is 444 g/mol. The van der Waals surface area contributed by atoms with Crippen molar-refractivity contribution in [2.75, 3.05) is 0 Å². The van der Waals surface area contributed by atoms with Crippen LogP contribution in [0.2, 0.25) is 0 Å². The third-order valence-corrected chi connectivity index (χ3v) is 8.46. The van der Waals surface area contributed by atoms with Gasteiger partial charge in [0.1, 0.15) is 0 Å². The highest BCUT2D eigenvalue weighted by atomic mass is 14.2. The molecule has 0 heterocycles. The molecule has 0 aliphatic heterocycles. The predicted octanol–water partition coefficient (Wildman–Crippen LogP) is 13.0. The number of rotatable bonds is 27. The Morgan fingerprint density at radius 3 is 0.946 bits per heavy atom. The lowest BCUT2D eigenvalue weighted by Gasteiger charge is -2.17. The molecule has 1 aromatic carbocycles. The molecule has 0 bridgehead atoms. The van der Waals surface area contributed by atoms with E-state index in [9.17, 15) is 0 Å². The van der Waals surface area contributed by atoms with Crippen LogP contribution in [0, 0.1) is 6.92 Å². The van der Waals surface area contributed by atoms with E-state index in [1.165, 1.54) is 179 Å². The summed E-state index contributed by atoms with van der Waals surface area (Å²) in [7, 11) is 0. The molecule has 0 unspecified atom stereocenters. The van der Waals surface area contributed by atoms with Gasteiger partial charge in [-0.25, -0.2) is 0 Å². The van der Waals surface area contributed by atoms with Crippen LogP contribution in [0.3, 0.4) is 0 Å². The molecule has 0 spiro atoms. The average molecular weight is 513 g/mol. The molecular formula is C37H68. The molecule has 0 nitrogen and oxygen atoms in total. The quantitative estimate of drug-likeness (QED) is 0.103. The van der Waals surface area contributed by atoms with Gasteiger partial charge < -0.3 is 0 Å². The maximum atomic E-state index is 2.55. The van der Waals surface area contributed by atoms with Crippen molar-refractivity contribution in [2.24, 2.45) is 0 Å². The van der Waals surface area contributed by atoms with Gasteiger partial charge in [-0.05, 0) is 62.1 Å². The summed E-state index contributed by atoms with van der Waals surface area (Å²) in [6.07, 6.45) is 38.1. The summed E-state index contributed by atoms with van der Waals surface area (Å²) in [6, 6.07) is 5.11. The summed E-state index contributed by atoms with van der Waals surface area (Å²) >= 11 is 0. The van der Waals surface area contributed by atoms with Crippen molar-refractivity contribution in [1.29, 1.82) is 0 Å². The fourth-order valence-electron chi connectivity index (χ4n) is 6.07. The van der Waals surface area contributed by atoms with Gasteiger partial charge in [-0.3, -0.25) is 0 Å². The lowest BCUT2D eigenvalue weighted by atomic mass is 9.88. The van der Waals surface area contributed by atoms with Crippen LogP contribution >= 0.6 is 0 Å². The monoisotopic (exact) mass is 513 g/mol. The molecule has 0 aliphatic rings. The molecule has 0 radical (unpaired) electrons. The van der Waals surface area contributed by atoms with Crippen LogP contribution in [0.4, 0.5) is 0 Å². The molecule has 37 heavy (non-hydrogen) atoms. The van der Waals surface area contributed by atoms with Crippen molar-refractivity contribution in [3.8, 4) is 0 Å². The van der Waals surface area contributed by atoms with E-state index < -0.39 is 0 Å². The first-order valence-corrected chi connectivity index (χ1v) is 17.3. The smallest absolute Gasteiger partial charge is 0.0273 e. The Kier molecular flexibility index (Phi) is 23.6. The zero-order valence-corrected chi connectivity index (χ0v) is 26.2. The molecule has 0 fully saturated rings. The first-order valence-electron chi connectivity index (χ1n) is 17.3. The molecule has 0 saturated heterocycles. The van der Waals surface area contributed by atoms with Crippen LogP contribution in [0.5, 0.6) is 0 Å². The van der Waals surface area contributed by atoms with Crippen molar-refractivity contribution >= 4 is 0 Å². The van der Waals surface area contributed by atoms with Crippen molar-refractivity contribution in [3.63, 3.8) is 0 Å². The van der Waals surface area contributed by atoms with Crippen LogP contribution < -0.4 is 0 Å². The number of aryl methyl sites for hydroxylation is 3. The van der Waals surface area contributed by atoms with Crippen LogP contribution in [-0.4, -0.2) is 0 Å². The van der Waals surface area contributed by atoms with Gasteiger partial charge in [0.15, 0.2) is 0 Å². The molecule has 0 amide bonds. The normalized spacial score (nSPS) is 11.5. The Labute approximate surface area is 235 Å². The maximum absolute atomic E-state index is 2.55. The van der Waals surface area contributed by atoms with Gasteiger partial charge >= 0.3 is 0 Å². The third kappa shape index (κ3) is 19.0. The Morgan fingerprint density at radius 2 is 0.622 bits per heavy atom. The number of hydrogen-bond acceptors (Lipinski definition) is 0. The Balaban J connectivity index is 2.57. The lowest BCUT2D eigenvalue weighted by molar-refractivity contribution is 0.567. The first kappa shape index (κ1) is 34.2. The van der Waals surface area contributed by atoms with Crippen molar-refractivity contribution in [2.45, 2.75) is 201 Å². The Bertz CT molecular complexity index is 571. The number of benzene rings is 1. The molecule has 0 saturated carbocycles. The topological polar surface area (TPSA) is 0 Å². The molecule has 1 aromatic rings. The number of unbranched alkanes of at least 4 members (excludes halogenated alkanes) is 21. The summed E-state index contributed by atoms with van der Waals surface area (Å²) in [5, 5.41) is 0. The van der Waals surface area contributed by atoms with E-state index >= 15 is 0 Å². The summed E-state index contributed by atoms with van der Waals surface area (Å²) in [5.74, 6) is 0. The van der Waals surface area contributed by atoms with E-state index in [0.717, 1.165) is 0 Å². The molecule has 0 heteroatoms. The zero-order chi connectivity index (χ0) is 26.8. The standard InChI is InChI=1S/C37H68/c1-5-8-11-14-17-20-23-26-29-35-32-34(4)33-36(30-27-24-21-18-15-12-9-6-2)37(35)31-28-25-22-19-16-13-10-7-3/h32-33H,5-31H2,1-4H3. The van der Waals surface area contributed by atoms with Crippen LogP contribution in [0.15, 0.2) is 12.1 Å². The van der Waals surface area contributed by atoms with E-state index in [1.807, 2.05) is 0 Å². The van der Waals surface area contributed by atoms with Gasteiger partial charge in [-0.2, -0.15) is 0 Å². The van der Waals surface area contributed by atoms with Gasteiger partial charge in [0.05, 0.1) is 0 Å². The van der Waals surface area contributed by atoms with Gasteiger partial charge in [0.25, 0.3) is 0 Å². The highest BCUT2D eigenvalue weighted by Gasteiger charge is 2.10. The van der Waals surface area contributed by atoms with Gasteiger partial charge in [-0.1, -0.05) is 173 Å². The zero-order valence-electron chi connectivity index (χ0n) is 26.2. The fourth-order valence-corrected chi connectivity index (χ4v) is 6.07. The van der Waals surface area contributed by atoms with E-state index in [-0.39, 0.29) is 0 Å². The SMILES string of the molecule is CCCCCCCCCCc1cc(C)cc(CCCCCCCCCC)c1CCCCCCCCCC. The van der Waals surface area contributed by atoms with Gasteiger partial charge in [0.2, 0.25) is 0 Å². The molecule has 0 aliphatic carbocycles. The fraction of sp³-hybridized carbons (Fsp3) is 0.838. The second-order valence-corrected chi connectivity index (χ2v) is 12.2. The van der Waals surface area contributed by atoms with Crippen LogP contribution in [0.1, 0.15) is 197 Å². The molecule has 1 rings (SSSR count). The molecule has 216 valence electrons. The lowest BCUT2D eigenvalue weighted by Crippen LogP contribution is -2.03. The minimum Gasteiger partial charge on any atom is -0.0654 e. The van der Waals surface area contributed by atoms with E-state index in [2.05, 4.69) is 39.8 Å². The first-order chi connectivity index (χ1) is 18.2. The molecule has 0 atom stereocenters. The van der Waals surface area contributed by atoms with Crippen LogP contribution in [-0.2, 0) is 19.3 Å². The predicted molar refractivity (Wildman–Crippen MR) is 170 cm³/mol. The van der Waals surface area contributed by atoms with Crippen molar-refractivity contribution in [3.05, 3.63) is 34.4 Å². The summed E-state index contributed by atoms with van der Waals surface area (Å²) in [6.45, 7) is 9.29.